The Kier molecular flexibility index (Phi) is 2.02. The third kappa shape index (κ3) is 1.55. The Morgan fingerprint density at radius 1 is 1.23 bits per heavy atom. The molecule has 0 aliphatic rings. The zero-order valence-electron chi connectivity index (χ0n) is 7.23. The van der Waals surface area contributed by atoms with E-state index in [0.717, 1.165) is 10.4 Å². The van der Waals surface area contributed by atoms with Crippen molar-refractivity contribution >= 4 is 11.3 Å². The molecule has 0 saturated carbocycles. The number of nitrogens with zero attached hydrogens (tertiary/aromatic N) is 1. The maximum atomic E-state index is 11.2. The van der Waals surface area contributed by atoms with E-state index in [1.807, 2.05) is 36.5 Å². The summed E-state index contributed by atoms with van der Waals surface area (Å²) in [5.74, 6) is 0. The normalized spacial score (nSPS) is 10.2. The predicted molar refractivity (Wildman–Crippen MR) is 55.0 cm³/mol. The summed E-state index contributed by atoms with van der Waals surface area (Å²) >= 11 is 1.27. The number of thiazole rings is 1. The first-order chi connectivity index (χ1) is 6.27. The highest BCUT2D eigenvalue weighted by molar-refractivity contribution is 7.12. The van der Waals surface area contributed by atoms with Gasteiger partial charge in [0.25, 0.3) is 0 Å². The van der Waals surface area contributed by atoms with Crippen LogP contribution >= 0.6 is 11.3 Å². The molecule has 2 nitrogen and oxygen atoms in total. The zero-order chi connectivity index (χ0) is 9.26. The second kappa shape index (κ2) is 3.18. The highest BCUT2D eigenvalue weighted by atomic mass is 32.1. The van der Waals surface area contributed by atoms with Gasteiger partial charge in [0, 0.05) is 13.2 Å². The summed E-state index contributed by atoms with van der Waals surface area (Å²) in [6.07, 6.45) is 1.86. The van der Waals surface area contributed by atoms with Gasteiger partial charge in [0.15, 0.2) is 0 Å². The molecule has 0 radical (unpaired) electrons. The Labute approximate surface area is 80.1 Å². The van der Waals surface area contributed by atoms with E-state index in [4.69, 9.17) is 0 Å². The van der Waals surface area contributed by atoms with E-state index in [2.05, 4.69) is 0 Å². The van der Waals surface area contributed by atoms with E-state index in [0.29, 0.717) is 0 Å². The Morgan fingerprint density at radius 2 is 1.92 bits per heavy atom. The number of hydrogen-bond donors (Lipinski definition) is 0. The summed E-state index contributed by atoms with van der Waals surface area (Å²) in [5.41, 5.74) is 1.10. The number of hydrogen-bond acceptors (Lipinski definition) is 2. The molecule has 66 valence electrons. The van der Waals surface area contributed by atoms with E-state index >= 15 is 0 Å². The van der Waals surface area contributed by atoms with Crippen molar-refractivity contribution in [3.63, 3.8) is 0 Å². The molecule has 0 aliphatic carbocycles. The van der Waals surface area contributed by atoms with E-state index in [1.54, 1.807) is 11.6 Å². The molecule has 2 rings (SSSR count). The summed E-state index contributed by atoms with van der Waals surface area (Å²) in [6.45, 7) is 0. The van der Waals surface area contributed by atoms with Crippen molar-refractivity contribution in [1.82, 2.24) is 4.57 Å². The van der Waals surface area contributed by atoms with E-state index in [9.17, 15) is 4.79 Å². The maximum Gasteiger partial charge on any atom is 0.307 e. The first-order valence-electron chi connectivity index (χ1n) is 3.99. The van der Waals surface area contributed by atoms with Crippen molar-refractivity contribution in [1.29, 1.82) is 0 Å². The Bertz CT molecular complexity index is 455. The average Bonchev–Trinajstić information content (AvgIpc) is 2.49. The highest BCUT2D eigenvalue weighted by Crippen LogP contribution is 2.20. The molecule has 0 N–H and O–H groups in total. The lowest BCUT2D eigenvalue weighted by molar-refractivity contribution is 0.898. The van der Waals surface area contributed by atoms with Crippen molar-refractivity contribution in [2.24, 2.45) is 7.05 Å². The van der Waals surface area contributed by atoms with Gasteiger partial charge in [-0.1, -0.05) is 41.7 Å². The Hall–Kier alpha value is -1.35. The summed E-state index contributed by atoms with van der Waals surface area (Å²) in [7, 11) is 1.77. The van der Waals surface area contributed by atoms with Crippen LogP contribution in [0.3, 0.4) is 0 Å². The van der Waals surface area contributed by atoms with Crippen LogP contribution < -0.4 is 4.87 Å². The standard InChI is InChI=1S/C10H9NOS/c1-11-7-9(13-10(11)12)8-5-3-2-4-6-8/h2-7H,1H3. The minimum Gasteiger partial charge on any atom is -0.308 e. The quantitative estimate of drug-likeness (QED) is 0.676. The van der Waals surface area contributed by atoms with Gasteiger partial charge < -0.3 is 4.57 Å². The molecule has 3 heteroatoms. The second-order valence-corrected chi connectivity index (χ2v) is 3.83. The fourth-order valence-corrected chi connectivity index (χ4v) is 2.01. The van der Waals surface area contributed by atoms with Gasteiger partial charge in [0.2, 0.25) is 0 Å². The summed E-state index contributed by atoms with van der Waals surface area (Å²) in [5, 5.41) is 0. The van der Waals surface area contributed by atoms with E-state index < -0.39 is 0 Å². The van der Waals surface area contributed by atoms with Crippen LogP contribution in [-0.2, 0) is 7.05 Å². The Morgan fingerprint density at radius 3 is 2.46 bits per heavy atom. The molecule has 1 heterocycles. The number of aryl methyl sites for hydroxylation is 1. The van der Waals surface area contributed by atoms with Crippen LogP contribution in [0.4, 0.5) is 0 Å². The molecule has 0 bridgehead atoms. The fraction of sp³-hybridized carbons (Fsp3) is 0.100. The number of aromatic nitrogens is 1. The average molecular weight is 191 g/mol. The van der Waals surface area contributed by atoms with Crippen LogP contribution in [0.1, 0.15) is 0 Å². The van der Waals surface area contributed by atoms with Crippen molar-refractivity contribution < 1.29 is 0 Å². The van der Waals surface area contributed by atoms with Crippen LogP contribution in [0, 0.1) is 0 Å². The van der Waals surface area contributed by atoms with Gasteiger partial charge in [-0.2, -0.15) is 0 Å². The van der Waals surface area contributed by atoms with E-state index in [1.165, 1.54) is 11.3 Å². The minimum atomic E-state index is 0.0823. The molecule has 13 heavy (non-hydrogen) atoms. The molecular weight excluding hydrogens is 182 g/mol. The van der Waals surface area contributed by atoms with Crippen molar-refractivity contribution in [3.05, 3.63) is 46.2 Å². The first-order valence-corrected chi connectivity index (χ1v) is 4.81. The predicted octanol–water partition coefficient (Wildman–Crippen LogP) is 2.11. The smallest absolute Gasteiger partial charge is 0.307 e. The summed E-state index contributed by atoms with van der Waals surface area (Å²) in [4.78, 5) is 12.3. The van der Waals surface area contributed by atoms with Crippen LogP contribution in [0.25, 0.3) is 10.4 Å². The topological polar surface area (TPSA) is 22.0 Å². The lowest BCUT2D eigenvalue weighted by Crippen LogP contribution is -2.04. The van der Waals surface area contributed by atoms with Gasteiger partial charge in [-0.15, -0.1) is 0 Å². The second-order valence-electron chi connectivity index (χ2n) is 2.84. The van der Waals surface area contributed by atoms with Crippen molar-refractivity contribution in [2.45, 2.75) is 0 Å². The SMILES string of the molecule is Cn1cc(-c2ccccc2)sc1=O. The molecule has 0 spiro atoms. The van der Waals surface area contributed by atoms with Crippen molar-refractivity contribution in [2.75, 3.05) is 0 Å². The maximum absolute atomic E-state index is 11.2. The Balaban J connectivity index is 2.54. The molecule has 0 fully saturated rings. The summed E-state index contributed by atoms with van der Waals surface area (Å²) < 4.78 is 1.60. The van der Waals surface area contributed by atoms with Crippen LogP contribution in [0.2, 0.25) is 0 Å². The number of benzene rings is 1. The van der Waals surface area contributed by atoms with Gasteiger partial charge in [-0.05, 0) is 5.56 Å². The molecule has 1 aromatic heterocycles. The summed E-state index contributed by atoms with van der Waals surface area (Å²) in [6, 6.07) is 9.92. The molecule has 0 atom stereocenters. The lowest BCUT2D eigenvalue weighted by Gasteiger charge is -1.92. The third-order valence-corrected chi connectivity index (χ3v) is 2.88. The van der Waals surface area contributed by atoms with Crippen LogP contribution in [-0.4, -0.2) is 4.57 Å². The van der Waals surface area contributed by atoms with E-state index in [-0.39, 0.29) is 4.87 Å². The fourth-order valence-electron chi connectivity index (χ4n) is 1.16. The lowest BCUT2D eigenvalue weighted by atomic mass is 10.2. The van der Waals surface area contributed by atoms with Gasteiger partial charge in [-0.25, -0.2) is 0 Å². The molecule has 2 aromatic rings. The molecule has 1 aromatic carbocycles. The van der Waals surface area contributed by atoms with Crippen LogP contribution in [0.5, 0.6) is 0 Å². The molecule has 0 saturated heterocycles. The van der Waals surface area contributed by atoms with Crippen molar-refractivity contribution in [3.8, 4) is 10.4 Å². The molecule has 0 amide bonds. The number of rotatable bonds is 1. The van der Waals surface area contributed by atoms with Gasteiger partial charge >= 0.3 is 4.87 Å². The molecule has 0 aliphatic heterocycles. The van der Waals surface area contributed by atoms with Gasteiger partial charge in [0.1, 0.15) is 0 Å². The molecular formula is C10H9NOS. The largest absolute Gasteiger partial charge is 0.308 e. The van der Waals surface area contributed by atoms with Crippen LogP contribution in [0.15, 0.2) is 41.3 Å². The zero-order valence-corrected chi connectivity index (χ0v) is 8.04. The van der Waals surface area contributed by atoms with Gasteiger partial charge in [0.05, 0.1) is 4.88 Å². The van der Waals surface area contributed by atoms with Gasteiger partial charge in [-0.3, -0.25) is 4.79 Å². The molecule has 0 unspecified atom stereocenters. The highest BCUT2D eigenvalue weighted by Gasteiger charge is 2.01. The monoisotopic (exact) mass is 191 g/mol. The first kappa shape index (κ1) is 8.26. The minimum absolute atomic E-state index is 0.0823. The third-order valence-electron chi connectivity index (χ3n) is 1.85.